The van der Waals surface area contributed by atoms with Gasteiger partial charge in [0.05, 0.1) is 6.04 Å². The Morgan fingerprint density at radius 1 is 1.05 bits per heavy atom. The zero-order chi connectivity index (χ0) is 14.0. The van der Waals surface area contributed by atoms with Crippen LogP contribution < -0.4 is 11.3 Å². The fourth-order valence-corrected chi connectivity index (χ4v) is 2.42. The van der Waals surface area contributed by atoms with Crippen molar-refractivity contribution in [2.24, 2.45) is 5.84 Å². The van der Waals surface area contributed by atoms with Crippen LogP contribution in [0.5, 0.6) is 0 Å². The SMILES string of the molecule is Cc1cc(C(NN)c2ccc(C)c(Br)c2)ccc1F. The van der Waals surface area contributed by atoms with Gasteiger partial charge >= 0.3 is 0 Å². The first-order valence-corrected chi connectivity index (χ1v) is 6.80. The van der Waals surface area contributed by atoms with Crippen LogP contribution in [0.3, 0.4) is 0 Å². The van der Waals surface area contributed by atoms with Crippen LogP contribution in [0.1, 0.15) is 28.3 Å². The second-order valence-corrected chi connectivity index (χ2v) is 5.47. The lowest BCUT2D eigenvalue weighted by Crippen LogP contribution is -2.29. The van der Waals surface area contributed by atoms with E-state index in [2.05, 4.69) is 21.4 Å². The van der Waals surface area contributed by atoms with Crippen LogP contribution in [0, 0.1) is 19.7 Å². The van der Waals surface area contributed by atoms with Gasteiger partial charge in [-0.15, -0.1) is 0 Å². The fourth-order valence-electron chi connectivity index (χ4n) is 2.02. The molecular weight excluding hydrogens is 307 g/mol. The van der Waals surface area contributed by atoms with Gasteiger partial charge in [0.2, 0.25) is 0 Å². The highest BCUT2D eigenvalue weighted by Gasteiger charge is 2.14. The largest absolute Gasteiger partial charge is 0.271 e. The van der Waals surface area contributed by atoms with E-state index in [0.29, 0.717) is 5.56 Å². The maximum atomic E-state index is 13.3. The highest BCUT2D eigenvalue weighted by Crippen LogP contribution is 2.27. The van der Waals surface area contributed by atoms with Crippen molar-refractivity contribution in [3.8, 4) is 0 Å². The highest BCUT2D eigenvalue weighted by atomic mass is 79.9. The van der Waals surface area contributed by atoms with Gasteiger partial charge in [0.25, 0.3) is 0 Å². The molecule has 0 spiro atoms. The van der Waals surface area contributed by atoms with Crippen LogP contribution in [-0.4, -0.2) is 0 Å². The van der Waals surface area contributed by atoms with Gasteiger partial charge < -0.3 is 0 Å². The molecule has 0 aromatic heterocycles. The maximum Gasteiger partial charge on any atom is 0.126 e. The van der Waals surface area contributed by atoms with Crippen molar-refractivity contribution in [1.29, 1.82) is 0 Å². The molecule has 0 bridgehead atoms. The molecule has 0 heterocycles. The summed E-state index contributed by atoms with van der Waals surface area (Å²) in [6, 6.07) is 10.9. The van der Waals surface area contributed by atoms with Gasteiger partial charge in [-0.1, -0.05) is 40.2 Å². The molecule has 19 heavy (non-hydrogen) atoms. The highest BCUT2D eigenvalue weighted by molar-refractivity contribution is 9.10. The van der Waals surface area contributed by atoms with E-state index in [1.54, 1.807) is 13.0 Å². The predicted octanol–water partition coefficient (Wildman–Crippen LogP) is 3.76. The van der Waals surface area contributed by atoms with E-state index < -0.39 is 0 Å². The number of halogens is 2. The summed E-state index contributed by atoms with van der Waals surface area (Å²) in [7, 11) is 0. The Balaban J connectivity index is 2.43. The molecule has 2 aromatic carbocycles. The monoisotopic (exact) mass is 322 g/mol. The Morgan fingerprint density at radius 2 is 1.68 bits per heavy atom. The minimum atomic E-state index is -0.204. The molecule has 1 atom stereocenters. The lowest BCUT2D eigenvalue weighted by Gasteiger charge is -2.18. The number of nitrogens with one attached hydrogen (secondary N) is 1. The minimum absolute atomic E-state index is 0.156. The van der Waals surface area contributed by atoms with Crippen molar-refractivity contribution >= 4 is 15.9 Å². The first-order valence-electron chi connectivity index (χ1n) is 6.01. The molecule has 0 amide bonds. The van der Waals surface area contributed by atoms with E-state index in [-0.39, 0.29) is 11.9 Å². The molecule has 0 saturated heterocycles. The molecule has 0 saturated carbocycles. The van der Waals surface area contributed by atoms with Crippen LogP contribution >= 0.6 is 15.9 Å². The van der Waals surface area contributed by atoms with E-state index >= 15 is 0 Å². The van der Waals surface area contributed by atoms with Crippen LogP contribution in [0.2, 0.25) is 0 Å². The number of benzene rings is 2. The normalized spacial score (nSPS) is 12.5. The lowest BCUT2D eigenvalue weighted by atomic mass is 9.97. The molecule has 0 fully saturated rings. The van der Waals surface area contributed by atoms with Crippen molar-refractivity contribution < 1.29 is 4.39 Å². The fraction of sp³-hybridized carbons (Fsp3) is 0.200. The number of aryl methyl sites for hydroxylation is 2. The van der Waals surface area contributed by atoms with Gasteiger partial charge in [-0.3, -0.25) is 5.84 Å². The van der Waals surface area contributed by atoms with Crippen LogP contribution in [0.15, 0.2) is 40.9 Å². The van der Waals surface area contributed by atoms with Crippen molar-refractivity contribution in [3.05, 3.63) is 68.9 Å². The van der Waals surface area contributed by atoms with Crippen LogP contribution in [0.4, 0.5) is 4.39 Å². The third-order valence-corrected chi connectivity index (χ3v) is 4.07. The number of hydrogen-bond acceptors (Lipinski definition) is 2. The molecule has 4 heteroatoms. The standard InChI is InChI=1S/C15H16BrFN2/c1-9-3-4-12(8-13(9)16)15(19-18)11-5-6-14(17)10(2)7-11/h3-8,15,19H,18H2,1-2H3. The summed E-state index contributed by atoms with van der Waals surface area (Å²) in [5.74, 6) is 5.45. The zero-order valence-corrected chi connectivity index (χ0v) is 12.5. The van der Waals surface area contributed by atoms with E-state index in [9.17, 15) is 4.39 Å². The second-order valence-electron chi connectivity index (χ2n) is 4.62. The first kappa shape index (κ1) is 14.2. The quantitative estimate of drug-likeness (QED) is 0.667. The van der Waals surface area contributed by atoms with Crippen molar-refractivity contribution in [2.45, 2.75) is 19.9 Å². The summed E-state index contributed by atoms with van der Waals surface area (Å²) < 4.78 is 14.4. The summed E-state index contributed by atoms with van der Waals surface area (Å²) in [5, 5.41) is 0. The molecule has 0 aliphatic carbocycles. The predicted molar refractivity (Wildman–Crippen MR) is 79.2 cm³/mol. The third-order valence-electron chi connectivity index (χ3n) is 3.21. The first-order chi connectivity index (χ1) is 9.02. The lowest BCUT2D eigenvalue weighted by molar-refractivity contribution is 0.607. The van der Waals surface area contributed by atoms with Crippen LogP contribution in [0.25, 0.3) is 0 Å². The van der Waals surface area contributed by atoms with Gasteiger partial charge in [0.1, 0.15) is 5.82 Å². The smallest absolute Gasteiger partial charge is 0.126 e. The molecule has 2 aromatic rings. The summed E-state index contributed by atoms with van der Waals surface area (Å²) in [6.07, 6.45) is 0. The Kier molecular flexibility index (Phi) is 4.34. The molecule has 1 unspecified atom stereocenters. The average molecular weight is 323 g/mol. The number of hydrogen-bond donors (Lipinski definition) is 2. The zero-order valence-electron chi connectivity index (χ0n) is 10.9. The van der Waals surface area contributed by atoms with Gasteiger partial charge in [0, 0.05) is 4.47 Å². The Labute approximate surface area is 120 Å². The van der Waals surface area contributed by atoms with E-state index in [4.69, 9.17) is 5.84 Å². The third kappa shape index (κ3) is 3.03. The van der Waals surface area contributed by atoms with Crippen molar-refractivity contribution in [3.63, 3.8) is 0 Å². The number of hydrazine groups is 1. The Morgan fingerprint density at radius 3 is 2.26 bits per heavy atom. The van der Waals surface area contributed by atoms with Gasteiger partial charge in [-0.25, -0.2) is 9.82 Å². The molecule has 2 nitrogen and oxygen atoms in total. The summed E-state index contributed by atoms with van der Waals surface area (Å²) >= 11 is 3.51. The topological polar surface area (TPSA) is 38.0 Å². The summed E-state index contributed by atoms with van der Waals surface area (Å²) in [6.45, 7) is 3.78. The number of rotatable bonds is 3. The van der Waals surface area contributed by atoms with Gasteiger partial charge in [0.15, 0.2) is 0 Å². The summed E-state index contributed by atoms with van der Waals surface area (Å²) in [5.41, 5.74) is 6.54. The summed E-state index contributed by atoms with van der Waals surface area (Å²) in [4.78, 5) is 0. The van der Waals surface area contributed by atoms with E-state index in [0.717, 1.165) is 21.2 Å². The Bertz CT molecular complexity index is 547. The Hall–Kier alpha value is -1.23. The molecule has 3 N–H and O–H groups in total. The van der Waals surface area contributed by atoms with Crippen LogP contribution in [-0.2, 0) is 0 Å². The van der Waals surface area contributed by atoms with Crippen molar-refractivity contribution in [1.82, 2.24) is 5.43 Å². The second kappa shape index (κ2) is 5.82. The molecule has 0 aliphatic rings. The number of nitrogens with two attached hydrogens (primary N) is 1. The molecule has 100 valence electrons. The molecular formula is C15H16BrFN2. The van der Waals surface area contributed by atoms with Crippen molar-refractivity contribution in [2.75, 3.05) is 0 Å². The maximum absolute atomic E-state index is 13.3. The van der Waals surface area contributed by atoms with E-state index in [1.165, 1.54) is 6.07 Å². The minimum Gasteiger partial charge on any atom is -0.271 e. The molecule has 0 aliphatic heterocycles. The molecule has 2 rings (SSSR count). The van der Waals surface area contributed by atoms with Gasteiger partial charge in [-0.05, 0) is 48.2 Å². The molecule has 0 radical (unpaired) electrons. The average Bonchev–Trinajstić information content (AvgIpc) is 2.39. The van der Waals surface area contributed by atoms with E-state index in [1.807, 2.05) is 31.2 Å². The van der Waals surface area contributed by atoms with Gasteiger partial charge in [-0.2, -0.15) is 0 Å².